The Morgan fingerprint density at radius 3 is 2.81 bits per heavy atom. The fraction of sp³-hybridized carbons (Fsp3) is 0.636. The SMILES string of the molecule is CCCC(C)Nc1cnn(CC)c(=O)c1Br. The van der Waals surface area contributed by atoms with Crippen LogP contribution in [0.2, 0.25) is 0 Å². The fourth-order valence-electron chi connectivity index (χ4n) is 1.56. The molecule has 90 valence electrons. The van der Waals surface area contributed by atoms with Crippen molar-refractivity contribution in [1.82, 2.24) is 9.78 Å². The van der Waals surface area contributed by atoms with Crippen molar-refractivity contribution in [3.8, 4) is 0 Å². The molecule has 0 saturated carbocycles. The molecule has 0 aliphatic carbocycles. The van der Waals surface area contributed by atoms with Crippen LogP contribution >= 0.6 is 15.9 Å². The van der Waals surface area contributed by atoms with Gasteiger partial charge in [0, 0.05) is 12.6 Å². The van der Waals surface area contributed by atoms with Crippen LogP contribution in [0.15, 0.2) is 15.5 Å². The molecular weight excluding hydrogens is 270 g/mol. The lowest BCUT2D eigenvalue weighted by molar-refractivity contribution is 0.610. The van der Waals surface area contributed by atoms with Crippen LogP contribution in [0.3, 0.4) is 0 Å². The Hall–Kier alpha value is -0.840. The zero-order valence-corrected chi connectivity index (χ0v) is 11.5. The maximum absolute atomic E-state index is 11.8. The van der Waals surface area contributed by atoms with E-state index in [1.165, 1.54) is 4.68 Å². The molecule has 16 heavy (non-hydrogen) atoms. The largest absolute Gasteiger partial charge is 0.380 e. The predicted octanol–water partition coefficient (Wildman–Crippen LogP) is 2.63. The topological polar surface area (TPSA) is 46.9 Å². The number of nitrogens with one attached hydrogen (secondary N) is 1. The Morgan fingerprint density at radius 1 is 1.56 bits per heavy atom. The zero-order chi connectivity index (χ0) is 12.1. The summed E-state index contributed by atoms with van der Waals surface area (Å²) in [4.78, 5) is 11.8. The first kappa shape index (κ1) is 13.2. The van der Waals surface area contributed by atoms with E-state index in [2.05, 4.69) is 40.2 Å². The molecule has 0 aromatic carbocycles. The quantitative estimate of drug-likeness (QED) is 0.906. The second-order valence-electron chi connectivity index (χ2n) is 3.83. The lowest BCUT2D eigenvalue weighted by Crippen LogP contribution is -2.25. The Kier molecular flexibility index (Phi) is 4.99. The summed E-state index contributed by atoms with van der Waals surface area (Å²) in [5.41, 5.74) is 0.687. The molecule has 1 heterocycles. The van der Waals surface area contributed by atoms with Crippen molar-refractivity contribution in [1.29, 1.82) is 0 Å². The number of anilines is 1. The van der Waals surface area contributed by atoms with E-state index in [9.17, 15) is 4.79 Å². The van der Waals surface area contributed by atoms with Gasteiger partial charge in [0.05, 0.1) is 11.9 Å². The molecule has 0 spiro atoms. The van der Waals surface area contributed by atoms with E-state index in [1.54, 1.807) is 6.20 Å². The summed E-state index contributed by atoms with van der Waals surface area (Å²) in [6, 6.07) is 0.347. The molecule has 0 radical (unpaired) electrons. The number of aryl methyl sites for hydroxylation is 1. The second kappa shape index (κ2) is 6.03. The number of rotatable bonds is 5. The van der Waals surface area contributed by atoms with Crippen LogP contribution < -0.4 is 10.9 Å². The van der Waals surface area contributed by atoms with Crippen LogP contribution in [0, 0.1) is 0 Å². The number of hydrogen-bond acceptors (Lipinski definition) is 3. The summed E-state index contributed by atoms with van der Waals surface area (Å²) >= 11 is 3.32. The van der Waals surface area contributed by atoms with Gasteiger partial charge in [0.2, 0.25) is 0 Å². The van der Waals surface area contributed by atoms with Crippen molar-refractivity contribution in [2.75, 3.05) is 5.32 Å². The van der Waals surface area contributed by atoms with Crippen LogP contribution in [0.4, 0.5) is 5.69 Å². The van der Waals surface area contributed by atoms with Gasteiger partial charge in [0.1, 0.15) is 4.47 Å². The van der Waals surface area contributed by atoms with Gasteiger partial charge >= 0.3 is 0 Å². The standard InChI is InChI=1S/C11H18BrN3O/c1-4-6-8(3)14-9-7-13-15(5-2)11(16)10(9)12/h7-8,14H,4-6H2,1-3H3. The summed E-state index contributed by atoms with van der Waals surface area (Å²) in [7, 11) is 0. The average molecular weight is 288 g/mol. The van der Waals surface area contributed by atoms with Crippen LogP contribution in [-0.4, -0.2) is 15.8 Å². The number of hydrogen-bond donors (Lipinski definition) is 1. The molecule has 4 nitrogen and oxygen atoms in total. The van der Waals surface area contributed by atoms with E-state index < -0.39 is 0 Å². The monoisotopic (exact) mass is 287 g/mol. The van der Waals surface area contributed by atoms with Gasteiger partial charge in [-0.05, 0) is 36.2 Å². The van der Waals surface area contributed by atoms with Gasteiger partial charge < -0.3 is 5.32 Å². The molecule has 1 aromatic heterocycles. The number of aromatic nitrogens is 2. The van der Waals surface area contributed by atoms with E-state index in [0.29, 0.717) is 17.1 Å². The summed E-state index contributed by atoms with van der Waals surface area (Å²) in [6.45, 7) is 6.72. The Balaban J connectivity index is 2.90. The van der Waals surface area contributed by atoms with E-state index in [4.69, 9.17) is 0 Å². The molecular formula is C11H18BrN3O. The van der Waals surface area contributed by atoms with Crippen LogP contribution in [0.5, 0.6) is 0 Å². The van der Waals surface area contributed by atoms with E-state index in [1.807, 2.05) is 6.92 Å². The Bertz CT molecular complexity index is 403. The van der Waals surface area contributed by atoms with Gasteiger partial charge in [-0.25, -0.2) is 4.68 Å². The van der Waals surface area contributed by atoms with Crippen molar-refractivity contribution >= 4 is 21.6 Å². The molecule has 0 amide bonds. The second-order valence-corrected chi connectivity index (χ2v) is 4.62. The molecule has 5 heteroatoms. The summed E-state index contributed by atoms with van der Waals surface area (Å²) in [5.74, 6) is 0. The molecule has 1 unspecified atom stereocenters. The molecule has 1 atom stereocenters. The summed E-state index contributed by atoms with van der Waals surface area (Å²) in [6.07, 6.45) is 3.88. The first-order valence-electron chi connectivity index (χ1n) is 5.62. The van der Waals surface area contributed by atoms with Gasteiger partial charge in [0.25, 0.3) is 5.56 Å². The Labute approximate surface area is 104 Å². The normalized spacial score (nSPS) is 12.5. The number of halogens is 1. The minimum absolute atomic E-state index is 0.0869. The first-order chi connectivity index (χ1) is 7.60. The van der Waals surface area contributed by atoms with Gasteiger partial charge in [-0.15, -0.1) is 0 Å². The predicted molar refractivity (Wildman–Crippen MR) is 69.9 cm³/mol. The third-order valence-electron chi connectivity index (χ3n) is 2.41. The van der Waals surface area contributed by atoms with Gasteiger partial charge in [-0.2, -0.15) is 5.10 Å². The third kappa shape index (κ3) is 3.07. The summed E-state index contributed by atoms with van der Waals surface area (Å²) in [5, 5.41) is 7.36. The minimum atomic E-state index is -0.0869. The fourth-order valence-corrected chi connectivity index (χ4v) is 1.98. The van der Waals surface area contributed by atoms with Crippen LogP contribution in [0.1, 0.15) is 33.6 Å². The van der Waals surface area contributed by atoms with Gasteiger partial charge in [0.15, 0.2) is 0 Å². The lowest BCUT2D eigenvalue weighted by atomic mass is 10.2. The molecule has 1 rings (SSSR count). The van der Waals surface area contributed by atoms with Crippen LogP contribution in [0.25, 0.3) is 0 Å². The molecule has 0 fully saturated rings. The minimum Gasteiger partial charge on any atom is -0.380 e. The zero-order valence-electron chi connectivity index (χ0n) is 9.96. The molecule has 1 aromatic rings. The van der Waals surface area contributed by atoms with Crippen molar-refractivity contribution in [2.24, 2.45) is 0 Å². The molecule has 1 N–H and O–H groups in total. The van der Waals surface area contributed by atoms with Crippen molar-refractivity contribution in [3.63, 3.8) is 0 Å². The van der Waals surface area contributed by atoms with Gasteiger partial charge in [-0.3, -0.25) is 4.79 Å². The maximum atomic E-state index is 11.8. The van der Waals surface area contributed by atoms with E-state index in [0.717, 1.165) is 18.5 Å². The average Bonchev–Trinajstić information content (AvgIpc) is 2.25. The maximum Gasteiger partial charge on any atom is 0.283 e. The molecule has 0 bridgehead atoms. The molecule has 0 aliphatic heterocycles. The highest BCUT2D eigenvalue weighted by atomic mass is 79.9. The third-order valence-corrected chi connectivity index (χ3v) is 3.17. The highest BCUT2D eigenvalue weighted by molar-refractivity contribution is 9.10. The van der Waals surface area contributed by atoms with Crippen molar-refractivity contribution < 1.29 is 0 Å². The highest BCUT2D eigenvalue weighted by Gasteiger charge is 2.09. The molecule has 0 aliphatic rings. The first-order valence-corrected chi connectivity index (χ1v) is 6.41. The van der Waals surface area contributed by atoms with Crippen molar-refractivity contribution in [3.05, 3.63) is 21.0 Å². The van der Waals surface area contributed by atoms with E-state index >= 15 is 0 Å². The lowest BCUT2D eigenvalue weighted by Gasteiger charge is -2.15. The summed E-state index contributed by atoms with van der Waals surface area (Å²) < 4.78 is 1.99. The van der Waals surface area contributed by atoms with Gasteiger partial charge in [-0.1, -0.05) is 13.3 Å². The smallest absolute Gasteiger partial charge is 0.283 e. The Morgan fingerprint density at radius 2 is 2.25 bits per heavy atom. The number of nitrogens with zero attached hydrogens (tertiary/aromatic N) is 2. The molecule has 0 saturated heterocycles. The highest BCUT2D eigenvalue weighted by Crippen LogP contribution is 2.18. The van der Waals surface area contributed by atoms with Crippen molar-refractivity contribution in [2.45, 2.75) is 46.2 Å². The van der Waals surface area contributed by atoms with Crippen LogP contribution in [-0.2, 0) is 6.54 Å². The van der Waals surface area contributed by atoms with E-state index in [-0.39, 0.29) is 5.56 Å².